The second-order valence-electron chi connectivity index (χ2n) is 5.82. The molecule has 1 amide bonds. The lowest BCUT2D eigenvalue weighted by molar-refractivity contribution is 0.102. The van der Waals surface area contributed by atoms with Gasteiger partial charge < -0.3 is 9.47 Å². The van der Waals surface area contributed by atoms with Gasteiger partial charge in [0.2, 0.25) is 0 Å². The highest BCUT2D eigenvalue weighted by Gasteiger charge is 2.18. The number of methoxy groups -OCH3 is 2. The second kappa shape index (κ2) is 7.66. The first-order chi connectivity index (χ1) is 11.7. The predicted octanol–water partition coefficient (Wildman–Crippen LogP) is 4.07. The van der Waals surface area contributed by atoms with Crippen LogP contribution in [0.5, 0.6) is 11.5 Å². The molecule has 0 saturated carbocycles. The maximum Gasteiger partial charge on any atom is 0.261 e. The summed E-state index contributed by atoms with van der Waals surface area (Å²) < 4.78 is 10.5. The lowest BCUT2D eigenvalue weighted by Gasteiger charge is -2.09. The molecule has 0 aliphatic heterocycles. The van der Waals surface area contributed by atoms with E-state index in [9.17, 15) is 4.79 Å². The Morgan fingerprint density at radius 2 is 1.92 bits per heavy atom. The van der Waals surface area contributed by atoms with Crippen molar-refractivity contribution in [2.75, 3.05) is 19.5 Å². The molecule has 3 rings (SSSR count). The summed E-state index contributed by atoms with van der Waals surface area (Å²) >= 11 is 1.59. The van der Waals surface area contributed by atoms with E-state index in [1.165, 1.54) is 30.6 Å². The summed E-state index contributed by atoms with van der Waals surface area (Å²) in [7, 11) is 3.12. The average Bonchev–Trinajstić information content (AvgIpc) is 2.95. The number of nitrogens with zero attached hydrogens (tertiary/aromatic N) is 1. The lowest BCUT2D eigenvalue weighted by Crippen LogP contribution is -2.13. The summed E-state index contributed by atoms with van der Waals surface area (Å²) in [6.07, 6.45) is 6.98. The zero-order chi connectivity index (χ0) is 16.9. The molecule has 24 heavy (non-hydrogen) atoms. The van der Waals surface area contributed by atoms with Gasteiger partial charge in [-0.25, -0.2) is 4.98 Å². The maximum absolute atomic E-state index is 12.6. The number of hydrogen-bond donors (Lipinski definition) is 1. The fourth-order valence-corrected chi connectivity index (χ4v) is 3.96. The summed E-state index contributed by atoms with van der Waals surface area (Å²) in [6, 6.07) is 5.18. The molecule has 0 unspecified atom stereocenters. The molecule has 6 heteroatoms. The van der Waals surface area contributed by atoms with E-state index in [0.29, 0.717) is 22.2 Å². The van der Waals surface area contributed by atoms with Crippen molar-refractivity contribution in [2.24, 2.45) is 0 Å². The third kappa shape index (κ3) is 3.70. The van der Waals surface area contributed by atoms with Crippen LogP contribution >= 0.6 is 11.3 Å². The molecule has 0 saturated heterocycles. The number of fused-ring (bicyclic) bond motifs is 1. The van der Waals surface area contributed by atoms with Crippen LogP contribution in [0.4, 0.5) is 5.13 Å². The van der Waals surface area contributed by atoms with Crippen molar-refractivity contribution in [1.29, 1.82) is 0 Å². The fraction of sp³-hybridized carbons (Fsp3) is 0.444. The Morgan fingerprint density at radius 1 is 1.12 bits per heavy atom. The number of thiazole rings is 1. The molecule has 0 fully saturated rings. The third-order valence-corrected chi connectivity index (χ3v) is 5.29. The van der Waals surface area contributed by atoms with Crippen LogP contribution < -0.4 is 14.8 Å². The molecular formula is C18H22N2O3S. The smallest absolute Gasteiger partial charge is 0.261 e. The van der Waals surface area contributed by atoms with E-state index < -0.39 is 0 Å². The van der Waals surface area contributed by atoms with E-state index in [4.69, 9.17) is 9.47 Å². The van der Waals surface area contributed by atoms with Crippen molar-refractivity contribution < 1.29 is 14.3 Å². The third-order valence-electron chi connectivity index (χ3n) is 4.22. The minimum absolute atomic E-state index is 0.229. The molecule has 5 nitrogen and oxygen atoms in total. The summed E-state index contributed by atoms with van der Waals surface area (Å²) in [5.41, 5.74) is 1.59. The first-order valence-electron chi connectivity index (χ1n) is 8.23. The number of anilines is 1. The molecule has 0 radical (unpaired) electrons. The summed E-state index contributed by atoms with van der Waals surface area (Å²) in [5.74, 6) is 0.906. The van der Waals surface area contributed by atoms with Crippen molar-refractivity contribution in [3.8, 4) is 11.5 Å². The molecule has 1 heterocycles. The van der Waals surface area contributed by atoms with Crippen LogP contribution in [-0.2, 0) is 12.8 Å². The van der Waals surface area contributed by atoms with Gasteiger partial charge in [0, 0.05) is 4.88 Å². The number of ether oxygens (including phenoxy) is 2. The van der Waals surface area contributed by atoms with Crippen LogP contribution in [0.1, 0.15) is 46.6 Å². The topological polar surface area (TPSA) is 60.5 Å². The summed E-state index contributed by atoms with van der Waals surface area (Å²) in [4.78, 5) is 18.6. The van der Waals surface area contributed by atoms with E-state index >= 15 is 0 Å². The largest absolute Gasteiger partial charge is 0.497 e. The minimum Gasteiger partial charge on any atom is -0.497 e. The van der Waals surface area contributed by atoms with Crippen LogP contribution in [0.25, 0.3) is 0 Å². The Kier molecular flexibility index (Phi) is 5.35. The highest BCUT2D eigenvalue weighted by Crippen LogP contribution is 2.30. The van der Waals surface area contributed by atoms with Gasteiger partial charge in [0.1, 0.15) is 11.5 Å². The lowest BCUT2D eigenvalue weighted by atomic mass is 10.0. The van der Waals surface area contributed by atoms with Crippen molar-refractivity contribution in [1.82, 2.24) is 4.98 Å². The molecule has 1 aromatic heterocycles. The first kappa shape index (κ1) is 16.8. The Labute approximate surface area is 146 Å². The van der Waals surface area contributed by atoms with E-state index in [-0.39, 0.29) is 5.91 Å². The summed E-state index contributed by atoms with van der Waals surface area (Å²) in [6.45, 7) is 0. The minimum atomic E-state index is -0.229. The van der Waals surface area contributed by atoms with Crippen LogP contribution in [0, 0.1) is 0 Å². The number of benzene rings is 1. The van der Waals surface area contributed by atoms with Gasteiger partial charge in [0.05, 0.1) is 25.5 Å². The Balaban J connectivity index is 1.81. The quantitative estimate of drug-likeness (QED) is 0.906. The number of nitrogens with one attached hydrogen (secondary N) is 1. The Hall–Kier alpha value is -2.08. The normalized spacial score (nSPS) is 14.2. The van der Waals surface area contributed by atoms with Crippen molar-refractivity contribution in [3.63, 3.8) is 0 Å². The van der Waals surface area contributed by atoms with E-state index in [0.717, 1.165) is 18.5 Å². The van der Waals surface area contributed by atoms with Gasteiger partial charge in [-0.2, -0.15) is 0 Å². The monoisotopic (exact) mass is 346 g/mol. The SMILES string of the molecule is COc1ccc(OC)c(C(=O)Nc2nc3c(s2)CCCCCC3)c1. The van der Waals surface area contributed by atoms with E-state index in [2.05, 4.69) is 10.3 Å². The van der Waals surface area contributed by atoms with Gasteiger partial charge in [-0.05, 0) is 43.9 Å². The first-order valence-corrected chi connectivity index (χ1v) is 9.05. The zero-order valence-electron chi connectivity index (χ0n) is 14.1. The van der Waals surface area contributed by atoms with Crippen molar-refractivity contribution in [3.05, 3.63) is 34.3 Å². The van der Waals surface area contributed by atoms with Gasteiger partial charge in [-0.15, -0.1) is 11.3 Å². The number of amides is 1. The molecule has 1 aliphatic carbocycles. The fourth-order valence-electron chi connectivity index (χ4n) is 2.91. The van der Waals surface area contributed by atoms with Crippen molar-refractivity contribution >= 4 is 22.4 Å². The number of carbonyl (C=O) groups excluding carboxylic acids is 1. The van der Waals surface area contributed by atoms with Gasteiger partial charge in [-0.1, -0.05) is 12.8 Å². The number of hydrogen-bond acceptors (Lipinski definition) is 5. The molecule has 0 spiro atoms. The number of carbonyl (C=O) groups is 1. The summed E-state index contributed by atoms with van der Waals surface area (Å²) in [5, 5.41) is 3.58. The molecule has 1 aromatic carbocycles. The molecule has 128 valence electrons. The molecule has 0 bridgehead atoms. The number of rotatable bonds is 4. The van der Waals surface area contributed by atoms with E-state index in [1.54, 1.807) is 43.8 Å². The highest BCUT2D eigenvalue weighted by atomic mass is 32.1. The standard InChI is InChI=1S/C18H22N2O3S/c1-22-12-9-10-15(23-2)13(11-12)17(21)20-18-19-14-7-5-3-4-6-8-16(14)24-18/h9-11H,3-8H2,1-2H3,(H,19,20,21). The Bertz CT molecular complexity index is 702. The molecule has 1 aliphatic rings. The van der Waals surface area contributed by atoms with E-state index in [1.807, 2.05) is 0 Å². The zero-order valence-corrected chi connectivity index (χ0v) is 14.9. The molecule has 1 N–H and O–H groups in total. The molecule has 2 aromatic rings. The second-order valence-corrected chi connectivity index (χ2v) is 6.91. The molecule has 0 atom stereocenters. The maximum atomic E-state index is 12.6. The Morgan fingerprint density at radius 3 is 2.67 bits per heavy atom. The van der Waals surface area contributed by atoms with Gasteiger partial charge >= 0.3 is 0 Å². The average molecular weight is 346 g/mol. The number of aryl methyl sites for hydroxylation is 2. The number of aromatic nitrogens is 1. The van der Waals surface area contributed by atoms with Gasteiger partial charge in [0.15, 0.2) is 5.13 Å². The van der Waals surface area contributed by atoms with Crippen LogP contribution in [0.15, 0.2) is 18.2 Å². The van der Waals surface area contributed by atoms with Crippen LogP contribution in [0.2, 0.25) is 0 Å². The van der Waals surface area contributed by atoms with Crippen LogP contribution in [0.3, 0.4) is 0 Å². The van der Waals surface area contributed by atoms with Crippen LogP contribution in [-0.4, -0.2) is 25.1 Å². The highest BCUT2D eigenvalue weighted by molar-refractivity contribution is 7.15. The van der Waals surface area contributed by atoms with Crippen molar-refractivity contribution in [2.45, 2.75) is 38.5 Å². The predicted molar refractivity (Wildman–Crippen MR) is 95.5 cm³/mol. The van der Waals surface area contributed by atoms with Gasteiger partial charge in [0.25, 0.3) is 5.91 Å². The molecular weight excluding hydrogens is 324 g/mol. The van der Waals surface area contributed by atoms with Gasteiger partial charge in [-0.3, -0.25) is 10.1 Å².